The molecular weight excluding hydrogens is 280 g/mol. The molecule has 116 valence electrons. The average molecular weight is 300 g/mol. The Labute approximate surface area is 129 Å². The molecule has 2 rings (SSSR count). The Hall–Kier alpha value is -2.76. The van der Waals surface area contributed by atoms with Crippen LogP contribution in [0.2, 0.25) is 0 Å². The maximum atomic E-state index is 5.77. The summed E-state index contributed by atoms with van der Waals surface area (Å²) in [6.07, 6.45) is 5.95. The Morgan fingerprint density at radius 1 is 1.36 bits per heavy atom. The van der Waals surface area contributed by atoms with Gasteiger partial charge in [-0.3, -0.25) is 0 Å². The van der Waals surface area contributed by atoms with Crippen LogP contribution in [-0.2, 0) is 6.42 Å². The smallest absolute Gasteiger partial charge is 0.221 e. The van der Waals surface area contributed by atoms with Crippen molar-refractivity contribution < 1.29 is 9.47 Å². The second-order valence-electron chi connectivity index (χ2n) is 4.74. The predicted molar refractivity (Wildman–Crippen MR) is 87.8 cm³/mol. The molecule has 0 aliphatic heterocycles. The Morgan fingerprint density at radius 2 is 2.14 bits per heavy atom. The fourth-order valence-corrected chi connectivity index (χ4v) is 2.17. The molecule has 0 amide bonds. The van der Waals surface area contributed by atoms with Crippen molar-refractivity contribution in [3.63, 3.8) is 0 Å². The third-order valence-corrected chi connectivity index (χ3v) is 3.11. The molecule has 1 aromatic heterocycles. The Balaban J connectivity index is 2.40. The van der Waals surface area contributed by atoms with Gasteiger partial charge in [0, 0.05) is 5.56 Å². The van der Waals surface area contributed by atoms with Crippen LogP contribution in [0.1, 0.15) is 16.8 Å². The number of hydrogen-bond donors (Lipinski definition) is 1. The van der Waals surface area contributed by atoms with E-state index in [1.807, 2.05) is 25.1 Å². The minimum absolute atomic E-state index is 0.348. The first-order valence-electron chi connectivity index (χ1n) is 6.80. The minimum atomic E-state index is 0.348. The molecule has 0 radical (unpaired) electrons. The van der Waals surface area contributed by atoms with Crippen LogP contribution in [0.3, 0.4) is 0 Å². The van der Waals surface area contributed by atoms with Crippen molar-refractivity contribution in [1.82, 2.24) is 9.66 Å². The zero-order chi connectivity index (χ0) is 16.1. The highest BCUT2D eigenvalue weighted by Gasteiger charge is 2.11. The van der Waals surface area contributed by atoms with Crippen LogP contribution in [-0.4, -0.2) is 30.1 Å². The summed E-state index contributed by atoms with van der Waals surface area (Å²) in [4.78, 5) is 4.10. The van der Waals surface area contributed by atoms with Gasteiger partial charge in [-0.2, -0.15) is 5.10 Å². The van der Waals surface area contributed by atoms with Crippen molar-refractivity contribution in [1.29, 1.82) is 0 Å². The standard InChI is InChI=1S/C16H20N4O2/c1-5-6-13-7-12(8-14(21-3)15(13)22-4)9-18-20-10-11(2)19-16(20)17/h5,7-10H,1,6H2,2-4H3,(H2,17,19). The number of nitrogens with zero attached hydrogens (tertiary/aromatic N) is 3. The van der Waals surface area contributed by atoms with Gasteiger partial charge in [0.15, 0.2) is 11.5 Å². The van der Waals surface area contributed by atoms with E-state index < -0.39 is 0 Å². The molecule has 6 heteroatoms. The fraction of sp³-hybridized carbons (Fsp3) is 0.250. The summed E-state index contributed by atoms with van der Waals surface area (Å²) < 4.78 is 12.3. The molecule has 2 aromatic rings. The third-order valence-electron chi connectivity index (χ3n) is 3.11. The normalized spacial score (nSPS) is 10.9. The van der Waals surface area contributed by atoms with E-state index in [2.05, 4.69) is 16.7 Å². The largest absolute Gasteiger partial charge is 0.493 e. The van der Waals surface area contributed by atoms with E-state index in [9.17, 15) is 0 Å². The number of nitrogen functional groups attached to an aromatic ring is 1. The van der Waals surface area contributed by atoms with E-state index in [0.29, 0.717) is 23.9 Å². The zero-order valence-electron chi connectivity index (χ0n) is 13.0. The van der Waals surface area contributed by atoms with Crippen molar-refractivity contribution in [3.8, 4) is 11.5 Å². The number of benzene rings is 1. The lowest BCUT2D eigenvalue weighted by molar-refractivity contribution is 0.352. The minimum Gasteiger partial charge on any atom is -0.493 e. The molecule has 0 bridgehead atoms. The van der Waals surface area contributed by atoms with Crippen LogP contribution in [0.15, 0.2) is 36.1 Å². The number of rotatable bonds is 6. The molecule has 0 atom stereocenters. The van der Waals surface area contributed by atoms with E-state index in [-0.39, 0.29) is 0 Å². The fourth-order valence-electron chi connectivity index (χ4n) is 2.17. The lowest BCUT2D eigenvalue weighted by Gasteiger charge is -2.13. The summed E-state index contributed by atoms with van der Waals surface area (Å²) >= 11 is 0. The molecule has 6 nitrogen and oxygen atoms in total. The van der Waals surface area contributed by atoms with E-state index in [4.69, 9.17) is 15.2 Å². The summed E-state index contributed by atoms with van der Waals surface area (Å²) in [6.45, 7) is 5.63. The number of allylic oxidation sites excluding steroid dienone is 1. The Kier molecular flexibility index (Phi) is 4.83. The van der Waals surface area contributed by atoms with Crippen molar-refractivity contribution in [2.75, 3.05) is 20.0 Å². The van der Waals surface area contributed by atoms with Crippen LogP contribution >= 0.6 is 0 Å². The summed E-state index contributed by atoms with van der Waals surface area (Å²) in [7, 11) is 3.22. The SMILES string of the molecule is C=CCc1cc(C=Nn2cc(C)nc2N)cc(OC)c1OC. The van der Waals surface area contributed by atoms with Gasteiger partial charge in [-0.25, -0.2) is 9.66 Å². The predicted octanol–water partition coefficient (Wildman–Crippen LogP) is 2.40. The number of nitrogens with two attached hydrogens (primary N) is 1. The highest BCUT2D eigenvalue weighted by Crippen LogP contribution is 2.32. The quantitative estimate of drug-likeness (QED) is 0.656. The first kappa shape index (κ1) is 15.6. The van der Waals surface area contributed by atoms with Crippen molar-refractivity contribution in [2.24, 2.45) is 5.10 Å². The molecule has 0 unspecified atom stereocenters. The van der Waals surface area contributed by atoms with Crippen LogP contribution in [0.4, 0.5) is 5.95 Å². The third kappa shape index (κ3) is 3.28. The van der Waals surface area contributed by atoms with E-state index in [1.165, 1.54) is 4.68 Å². The van der Waals surface area contributed by atoms with Gasteiger partial charge in [-0.1, -0.05) is 6.08 Å². The van der Waals surface area contributed by atoms with Crippen LogP contribution in [0.5, 0.6) is 11.5 Å². The molecule has 22 heavy (non-hydrogen) atoms. The van der Waals surface area contributed by atoms with Gasteiger partial charge in [0.2, 0.25) is 5.95 Å². The van der Waals surface area contributed by atoms with Gasteiger partial charge in [0.25, 0.3) is 0 Å². The maximum Gasteiger partial charge on any atom is 0.221 e. The molecule has 0 saturated carbocycles. The lowest BCUT2D eigenvalue weighted by atomic mass is 10.1. The first-order chi connectivity index (χ1) is 10.6. The van der Waals surface area contributed by atoms with Crippen LogP contribution < -0.4 is 15.2 Å². The second kappa shape index (κ2) is 6.80. The van der Waals surface area contributed by atoms with Crippen molar-refractivity contribution >= 4 is 12.2 Å². The zero-order valence-corrected chi connectivity index (χ0v) is 13.0. The number of aromatic nitrogens is 2. The Morgan fingerprint density at radius 3 is 2.68 bits per heavy atom. The van der Waals surface area contributed by atoms with E-state index in [1.54, 1.807) is 26.6 Å². The summed E-state index contributed by atoms with van der Waals surface area (Å²) in [5, 5.41) is 4.31. The van der Waals surface area contributed by atoms with Gasteiger partial charge >= 0.3 is 0 Å². The summed E-state index contributed by atoms with van der Waals surface area (Å²) in [5.41, 5.74) is 8.43. The Bertz CT molecular complexity index is 704. The molecule has 0 spiro atoms. The van der Waals surface area contributed by atoms with Crippen molar-refractivity contribution in [2.45, 2.75) is 13.3 Å². The van der Waals surface area contributed by atoms with Crippen molar-refractivity contribution in [3.05, 3.63) is 47.8 Å². The van der Waals surface area contributed by atoms with Crippen LogP contribution in [0, 0.1) is 6.92 Å². The number of ether oxygens (including phenoxy) is 2. The van der Waals surface area contributed by atoms with Gasteiger partial charge < -0.3 is 15.2 Å². The summed E-state index contributed by atoms with van der Waals surface area (Å²) in [6, 6.07) is 3.83. The van der Waals surface area contributed by atoms with Gasteiger partial charge in [-0.05, 0) is 31.0 Å². The molecule has 0 aliphatic rings. The highest BCUT2D eigenvalue weighted by molar-refractivity contribution is 5.81. The molecule has 2 N–H and O–H groups in total. The number of aryl methyl sites for hydroxylation is 1. The van der Waals surface area contributed by atoms with Gasteiger partial charge in [0.1, 0.15) is 0 Å². The second-order valence-corrected chi connectivity index (χ2v) is 4.74. The number of methoxy groups -OCH3 is 2. The average Bonchev–Trinajstić information content (AvgIpc) is 2.82. The molecular formula is C16H20N4O2. The molecule has 0 saturated heterocycles. The first-order valence-corrected chi connectivity index (χ1v) is 6.80. The molecule has 0 fully saturated rings. The lowest BCUT2D eigenvalue weighted by Crippen LogP contribution is -2.00. The molecule has 0 aliphatic carbocycles. The summed E-state index contributed by atoms with van der Waals surface area (Å²) in [5.74, 6) is 1.70. The maximum absolute atomic E-state index is 5.77. The van der Waals surface area contributed by atoms with Gasteiger partial charge in [-0.15, -0.1) is 6.58 Å². The topological polar surface area (TPSA) is 74.7 Å². The molecule has 1 aromatic carbocycles. The van der Waals surface area contributed by atoms with Crippen LogP contribution in [0.25, 0.3) is 0 Å². The number of anilines is 1. The monoisotopic (exact) mass is 300 g/mol. The number of imidazole rings is 1. The number of hydrogen-bond acceptors (Lipinski definition) is 5. The van der Waals surface area contributed by atoms with E-state index >= 15 is 0 Å². The molecule has 1 heterocycles. The van der Waals surface area contributed by atoms with E-state index in [0.717, 1.165) is 16.8 Å². The van der Waals surface area contributed by atoms with Gasteiger partial charge in [0.05, 0.1) is 32.3 Å². The highest BCUT2D eigenvalue weighted by atomic mass is 16.5.